The zero-order valence-electron chi connectivity index (χ0n) is 14.2. The van der Waals surface area contributed by atoms with Gasteiger partial charge >= 0.3 is 0 Å². The van der Waals surface area contributed by atoms with E-state index >= 15 is 0 Å². The molecule has 0 spiro atoms. The molecule has 1 atom stereocenters. The zero-order chi connectivity index (χ0) is 18.1. The van der Waals surface area contributed by atoms with Crippen molar-refractivity contribution < 1.29 is 9.53 Å². The SMILES string of the molecule is NC[C@H]1CN(C(=O)c2[nH]c3ccc(Cl)cc3c2-c2ccccc2)CCO1. The van der Waals surface area contributed by atoms with E-state index in [0.29, 0.717) is 37.0 Å². The molecule has 134 valence electrons. The summed E-state index contributed by atoms with van der Waals surface area (Å²) in [5.41, 5.74) is 9.04. The summed E-state index contributed by atoms with van der Waals surface area (Å²) in [5.74, 6) is -0.0436. The molecule has 3 N–H and O–H groups in total. The first-order valence-corrected chi connectivity index (χ1v) is 9.02. The van der Waals surface area contributed by atoms with Gasteiger partial charge in [0.2, 0.25) is 0 Å². The highest BCUT2D eigenvalue weighted by Gasteiger charge is 2.28. The molecule has 1 saturated heterocycles. The Hall–Kier alpha value is -2.34. The maximum atomic E-state index is 13.3. The van der Waals surface area contributed by atoms with Crippen LogP contribution in [0.5, 0.6) is 0 Å². The third-order valence-corrected chi connectivity index (χ3v) is 4.96. The van der Waals surface area contributed by atoms with E-state index in [0.717, 1.165) is 22.0 Å². The first kappa shape index (κ1) is 17.1. The second kappa shape index (κ2) is 7.11. The number of carbonyl (C=O) groups is 1. The Balaban J connectivity index is 1.83. The van der Waals surface area contributed by atoms with Gasteiger partial charge in [0, 0.05) is 41.1 Å². The number of benzene rings is 2. The average Bonchev–Trinajstić information content (AvgIpc) is 3.06. The topological polar surface area (TPSA) is 71.3 Å². The highest BCUT2D eigenvalue weighted by Crippen LogP contribution is 2.34. The number of aromatic nitrogens is 1. The normalized spacial score (nSPS) is 17.6. The van der Waals surface area contributed by atoms with Crippen molar-refractivity contribution in [3.05, 3.63) is 59.2 Å². The Morgan fingerprint density at radius 1 is 1.27 bits per heavy atom. The van der Waals surface area contributed by atoms with Gasteiger partial charge in [-0.15, -0.1) is 0 Å². The minimum atomic E-state index is -0.119. The summed E-state index contributed by atoms with van der Waals surface area (Å²) in [4.78, 5) is 18.4. The van der Waals surface area contributed by atoms with Gasteiger partial charge in [0.15, 0.2) is 0 Å². The van der Waals surface area contributed by atoms with Gasteiger partial charge in [-0.2, -0.15) is 0 Å². The van der Waals surface area contributed by atoms with Crippen LogP contribution >= 0.6 is 11.6 Å². The van der Waals surface area contributed by atoms with Gasteiger partial charge < -0.3 is 20.4 Å². The number of morpholine rings is 1. The van der Waals surface area contributed by atoms with E-state index in [1.807, 2.05) is 48.5 Å². The van der Waals surface area contributed by atoms with E-state index in [1.165, 1.54) is 0 Å². The van der Waals surface area contributed by atoms with Crippen LogP contribution in [-0.4, -0.2) is 48.1 Å². The van der Waals surface area contributed by atoms with Crippen molar-refractivity contribution in [2.24, 2.45) is 5.73 Å². The van der Waals surface area contributed by atoms with Crippen LogP contribution < -0.4 is 5.73 Å². The molecule has 1 amide bonds. The van der Waals surface area contributed by atoms with Crippen LogP contribution in [0.3, 0.4) is 0 Å². The third kappa shape index (κ3) is 3.09. The fraction of sp³-hybridized carbons (Fsp3) is 0.250. The minimum Gasteiger partial charge on any atom is -0.373 e. The molecule has 4 rings (SSSR count). The van der Waals surface area contributed by atoms with E-state index < -0.39 is 0 Å². The van der Waals surface area contributed by atoms with Gasteiger partial charge in [-0.3, -0.25) is 4.79 Å². The number of hydrogen-bond acceptors (Lipinski definition) is 3. The highest BCUT2D eigenvalue weighted by molar-refractivity contribution is 6.31. The summed E-state index contributed by atoms with van der Waals surface area (Å²) >= 11 is 6.21. The summed E-state index contributed by atoms with van der Waals surface area (Å²) in [6.45, 7) is 1.96. The molecule has 1 aromatic heterocycles. The predicted octanol–water partition coefficient (Wildman–Crippen LogP) is 3.29. The van der Waals surface area contributed by atoms with E-state index in [-0.39, 0.29) is 12.0 Å². The van der Waals surface area contributed by atoms with Crippen molar-refractivity contribution in [3.63, 3.8) is 0 Å². The van der Waals surface area contributed by atoms with Gasteiger partial charge in [-0.05, 0) is 23.8 Å². The number of fused-ring (bicyclic) bond motifs is 1. The molecular weight excluding hydrogens is 350 g/mol. The molecule has 26 heavy (non-hydrogen) atoms. The molecule has 0 bridgehead atoms. The Kier molecular flexibility index (Phi) is 4.68. The second-order valence-corrected chi connectivity index (χ2v) is 6.85. The van der Waals surface area contributed by atoms with Crippen LogP contribution in [0.2, 0.25) is 5.02 Å². The van der Waals surface area contributed by atoms with E-state index in [4.69, 9.17) is 22.1 Å². The molecule has 5 nitrogen and oxygen atoms in total. The number of H-pyrrole nitrogens is 1. The number of hydrogen-bond donors (Lipinski definition) is 2. The van der Waals surface area contributed by atoms with Gasteiger partial charge in [-0.1, -0.05) is 41.9 Å². The molecule has 0 saturated carbocycles. The standard InChI is InChI=1S/C20H20ClN3O2/c21-14-6-7-17-16(10-14)18(13-4-2-1-3-5-13)19(23-17)20(25)24-8-9-26-15(11-22)12-24/h1-7,10,15,23H,8-9,11-12,22H2/t15-/m0/s1. The lowest BCUT2D eigenvalue weighted by Gasteiger charge is -2.32. The van der Waals surface area contributed by atoms with Crippen LogP contribution in [0.1, 0.15) is 10.5 Å². The molecule has 1 aliphatic rings. The lowest BCUT2D eigenvalue weighted by molar-refractivity contribution is -0.0168. The molecule has 0 aliphatic carbocycles. The Morgan fingerprint density at radius 2 is 2.08 bits per heavy atom. The Bertz CT molecular complexity index is 939. The number of amides is 1. The number of carbonyl (C=O) groups excluding carboxylic acids is 1. The summed E-state index contributed by atoms with van der Waals surface area (Å²) < 4.78 is 5.59. The van der Waals surface area contributed by atoms with Crippen LogP contribution in [0, 0.1) is 0 Å². The van der Waals surface area contributed by atoms with Gasteiger partial charge in [0.25, 0.3) is 5.91 Å². The zero-order valence-corrected chi connectivity index (χ0v) is 15.0. The number of nitrogens with one attached hydrogen (secondary N) is 1. The molecule has 0 radical (unpaired) electrons. The minimum absolute atomic E-state index is 0.0436. The van der Waals surface area contributed by atoms with Gasteiger partial charge in [0.1, 0.15) is 5.69 Å². The smallest absolute Gasteiger partial charge is 0.271 e. The van der Waals surface area contributed by atoms with E-state index in [2.05, 4.69) is 4.98 Å². The van der Waals surface area contributed by atoms with Crippen molar-refractivity contribution in [2.75, 3.05) is 26.2 Å². The van der Waals surface area contributed by atoms with Crippen LogP contribution in [0.4, 0.5) is 0 Å². The van der Waals surface area contributed by atoms with Crippen LogP contribution in [0.25, 0.3) is 22.0 Å². The van der Waals surface area contributed by atoms with E-state index in [9.17, 15) is 4.79 Å². The molecule has 1 aliphatic heterocycles. The number of aromatic amines is 1. The largest absolute Gasteiger partial charge is 0.373 e. The van der Waals surface area contributed by atoms with Gasteiger partial charge in [-0.25, -0.2) is 0 Å². The quantitative estimate of drug-likeness (QED) is 0.744. The first-order valence-electron chi connectivity index (χ1n) is 8.65. The predicted molar refractivity (Wildman–Crippen MR) is 103 cm³/mol. The van der Waals surface area contributed by atoms with Crippen molar-refractivity contribution in [3.8, 4) is 11.1 Å². The summed E-state index contributed by atoms with van der Waals surface area (Å²) in [6.07, 6.45) is -0.119. The molecule has 0 unspecified atom stereocenters. The number of nitrogens with two attached hydrogens (primary N) is 1. The summed E-state index contributed by atoms with van der Waals surface area (Å²) in [5, 5.41) is 1.58. The molecule has 2 heterocycles. The highest BCUT2D eigenvalue weighted by atomic mass is 35.5. The van der Waals surface area contributed by atoms with Crippen molar-refractivity contribution in [1.29, 1.82) is 0 Å². The molecule has 1 fully saturated rings. The second-order valence-electron chi connectivity index (χ2n) is 6.41. The average molecular weight is 370 g/mol. The molecular formula is C20H20ClN3O2. The van der Waals surface area contributed by atoms with Gasteiger partial charge in [0.05, 0.1) is 12.7 Å². The Morgan fingerprint density at radius 3 is 2.85 bits per heavy atom. The van der Waals surface area contributed by atoms with Crippen LogP contribution in [-0.2, 0) is 4.74 Å². The number of rotatable bonds is 3. The first-order chi connectivity index (χ1) is 12.7. The van der Waals surface area contributed by atoms with E-state index in [1.54, 1.807) is 4.90 Å². The fourth-order valence-electron chi connectivity index (χ4n) is 3.43. The summed E-state index contributed by atoms with van der Waals surface area (Å²) in [7, 11) is 0. The maximum Gasteiger partial charge on any atom is 0.271 e. The number of halogens is 1. The third-order valence-electron chi connectivity index (χ3n) is 4.73. The molecule has 6 heteroatoms. The Labute approximate surface area is 156 Å². The van der Waals surface area contributed by atoms with Crippen molar-refractivity contribution >= 4 is 28.4 Å². The molecule has 2 aromatic carbocycles. The van der Waals surface area contributed by atoms with Crippen LogP contribution in [0.15, 0.2) is 48.5 Å². The molecule has 3 aromatic rings. The summed E-state index contributed by atoms with van der Waals surface area (Å²) in [6, 6.07) is 15.5. The number of nitrogens with zero attached hydrogens (tertiary/aromatic N) is 1. The number of ether oxygens (including phenoxy) is 1. The fourth-order valence-corrected chi connectivity index (χ4v) is 3.61. The lowest BCUT2D eigenvalue weighted by atomic mass is 10.0. The van der Waals surface area contributed by atoms with Crippen molar-refractivity contribution in [2.45, 2.75) is 6.10 Å². The maximum absolute atomic E-state index is 13.3. The monoisotopic (exact) mass is 369 g/mol. The lowest BCUT2D eigenvalue weighted by Crippen LogP contribution is -2.48. The van der Waals surface area contributed by atoms with Crippen molar-refractivity contribution in [1.82, 2.24) is 9.88 Å².